The smallest absolute Gasteiger partial charge is 0.323 e. The van der Waals surface area contributed by atoms with Crippen LogP contribution >= 0.6 is 11.3 Å². The highest BCUT2D eigenvalue weighted by Gasteiger charge is 2.16. The number of thiazole rings is 1. The van der Waals surface area contributed by atoms with Crippen LogP contribution in [0.2, 0.25) is 0 Å². The molecule has 1 aromatic carbocycles. The molecule has 0 saturated carbocycles. The lowest BCUT2D eigenvalue weighted by atomic mass is 10.2. The average molecular weight is 291 g/mol. The highest BCUT2D eigenvalue weighted by atomic mass is 32.1. The number of aliphatic hydroxyl groups excluding tert-OH is 1. The molecule has 0 aliphatic heterocycles. The van der Waals surface area contributed by atoms with Gasteiger partial charge >= 0.3 is 6.03 Å². The third-order valence-electron chi connectivity index (χ3n) is 3.02. The molecule has 2 amide bonds. The summed E-state index contributed by atoms with van der Waals surface area (Å²) in [7, 11) is 1.64. The number of hydrogen-bond acceptors (Lipinski definition) is 4. The monoisotopic (exact) mass is 291 g/mol. The largest absolute Gasteiger partial charge is 0.394 e. The van der Waals surface area contributed by atoms with E-state index in [0.717, 1.165) is 10.4 Å². The Morgan fingerprint density at radius 2 is 2.15 bits per heavy atom. The summed E-state index contributed by atoms with van der Waals surface area (Å²) in [5.74, 6) is 0. The maximum atomic E-state index is 11.9. The van der Waals surface area contributed by atoms with Gasteiger partial charge in [0.25, 0.3) is 0 Å². The summed E-state index contributed by atoms with van der Waals surface area (Å²) in [5.41, 5.74) is 1.07. The van der Waals surface area contributed by atoms with Crippen LogP contribution in [0, 0.1) is 0 Å². The molecule has 5 nitrogen and oxygen atoms in total. The van der Waals surface area contributed by atoms with Gasteiger partial charge in [0.1, 0.15) is 0 Å². The molecule has 1 aromatic heterocycles. The van der Waals surface area contributed by atoms with E-state index in [1.165, 1.54) is 16.2 Å². The van der Waals surface area contributed by atoms with Gasteiger partial charge in [-0.2, -0.15) is 0 Å². The Hall–Kier alpha value is -1.92. The zero-order valence-corrected chi connectivity index (χ0v) is 12.2. The molecular weight excluding hydrogens is 274 g/mol. The number of hydrogen-bond donors (Lipinski definition) is 2. The molecule has 2 rings (SSSR count). The van der Waals surface area contributed by atoms with Gasteiger partial charge in [0, 0.05) is 13.2 Å². The topological polar surface area (TPSA) is 65.5 Å². The number of carbonyl (C=O) groups is 1. The Balaban J connectivity index is 2.05. The molecule has 106 valence electrons. The van der Waals surface area contributed by atoms with Gasteiger partial charge in [0.2, 0.25) is 0 Å². The van der Waals surface area contributed by atoms with Crippen molar-refractivity contribution in [3.05, 3.63) is 36.5 Å². The summed E-state index contributed by atoms with van der Waals surface area (Å²) < 4.78 is 0. The highest BCUT2D eigenvalue weighted by molar-refractivity contribution is 7.19. The Morgan fingerprint density at radius 1 is 1.45 bits per heavy atom. The predicted molar refractivity (Wildman–Crippen MR) is 80.9 cm³/mol. The van der Waals surface area contributed by atoms with Crippen LogP contribution in [-0.4, -0.2) is 40.7 Å². The van der Waals surface area contributed by atoms with Crippen molar-refractivity contribution in [1.29, 1.82) is 0 Å². The predicted octanol–water partition coefficient (Wildman–Crippen LogP) is 2.65. The standard InChI is InChI=1S/C14H17N3O2S/c1-10(9-18)17(2)14(19)16-13-15-8-12(20-13)11-6-4-3-5-7-11/h3-8,10,18H,9H2,1-2H3,(H,15,16,19). The minimum atomic E-state index is -0.277. The van der Waals surface area contributed by atoms with Crippen molar-refractivity contribution in [1.82, 2.24) is 9.88 Å². The number of aliphatic hydroxyl groups is 1. The van der Waals surface area contributed by atoms with Crippen LogP contribution in [0.3, 0.4) is 0 Å². The molecular formula is C14H17N3O2S. The van der Waals surface area contributed by atoms with E-state index >= 15 is 0 Å². The Kier molecular flexibility index (Phi) is 4.70. The van der Waals surface area contributed by atoms with E-state index < -0.39 is 0 Å². The van der Waals surface area contributed by atoms with Crippen molar-refractivity contribution in [3.63, 3.8) is 0 Å². The van der Waals surface area contributed by atoms with Gasteiger partial charge in [-0.15, -0.1) is 0 Å². The summed E-state index contributed by atoms with van der Waals surface area (Å²) in [5, 5.41) is 12.3. The quantitative estimate of drug-likeness (QED) is 0.910. The van der Waals surface area contributed by atoms with E-state index in [0.29, 0.717) is 5.13 Å². The maximum Gasteiger partial charge on any atom is 0.323 e. The van der Waals surface area contributed by atoms with Gasteiger partial charge in [-0.3, -0.25) is 5.32 Å². The lowest BCUT2D eigenvalue weighted by molar-refractivity contribution is 0.166. The summed E-state index contributed by atoms with van der Waals surface area (Å²) >= 11 is 1.42. The number of nitrogens with zero attached hydrogens (tertiary/aromatic N) is 2. The highest BCUT2D eigenvalue weighted by Crippen LogP contribution is 2.28. The number of likely N-dealkylation sites (N-methyl/N-ethyl adjacent to an activating group) is 1. The van der Waals surface area contributed by atoms with Gasteiger partial charge in [-0.05, 0) is 12.5 Å². The van der Waals surface area contributed by atoms with E-state index in [-0.39, 0.29) is 18.7 Å². The molecule has 1 unspecified atom stereocenters. The second-order valence-electron chi connectivity index (χ2n) is 4.47. The third kappa shape index (κ3) is 3.34. The molecule has 0 aliphatic rings. The maximum absolute atomic E-state index is 11.9. The van der Waals surface area contributed by atoms with Gasteiger partial charge in [-0.25, -0.2) is 9.78 Å². The average Bonchev–Trinajstić information content (AvgIpc) is 2.95. The molecule has 2 N–H and O–H groups in total. The summed E-state index contributed by atoms with van der Waals surface area (Å²) in [4.78, 5) is 18.6. The molecule has 2 aromatic rings. The fraction of sp³-hybridized carbons (Fsp3) is 0.286. The molecule has 1 atom stereocenters. The van der Waals surface area contributed by atoms with Crippen LogP contribution in [0.5, 0.6) is 0 Å². The van der Waals surface area contributed by atoms with Crippen molar-refractivity contribution < 1.29 is 9.90 Å². The van der Waals surface area contributed by atoms with Crippen LogP contribution in [0.25, 0.3) is 10.4 Å². The summed E-state index contributed by atoms with van der Waals surface area (Å²) in [6.45, 7) is 1.70. The first kappa shape index (κ1) is 14.5. The van der Waals surface area contributed by atoms with Crippen molar-refractivity contribution in [2.45, 2.75) is 13.0 Å². The van der Waals surface area contributed by atoms with Crippen LogP contribution < -0.4 is 5.32 Å². The van der Waals surface area contributed by atoms with Gasteiger partial charge in [0.15, 0.2) is 5.13 Å². The SMILES string of the molecule is CC(CO)N(C)C(=O)Nc1ncc(-c2ccccc2)s1. The van der Waals surface area contributed by atoms with Crippen molar-refractivity contribution >= 4 is 22.5 Å². The lowest BCUT2D eigenvalue weighted by Crippen LogP contribution is -2.40. The van der Waals surface area contributed by atoms with Crippen molar-refractivity contribution in [3.8, 4) is 10.4 Å². The third-order valence-corrected chi connectivity index (χ3v) is 3.99. The first-order valence-electron chi connectivity index (χ1n) is 6.27. The van der Waals surface area contributed by atoms with E-state index in [2.05, 4.69) is 10.3 Å². The molecule has 20 heavy (non-hydrogen) atoms. The van der Waals surface area contributed by atoms with Crippen LogP contribution in [0.1, 0.15) is 6.92 Å². The Morgan fingerprint density at radius 3 is 2.80 bits per heavy atom. The molecule has 6 heteroatoms. The van der Waals surface area contributed by atoms with Gasteiger partial charge in [0.05, 0.1) is 17.5 Å². The van der Waals surface area contributed by atoms with Gasteiger partial charge in [-0.1, -0.05) is 41.7 Å². The molecule has 0 aliphatic carbocycles. The summed E-state index contributed by atoms with van der Waals surface area (Å²) in [6.07, 6.45) is 1.74. The van der Waals surface area contributed by atoms with Crippen molar-refractivity contribution in [2.75, 3.05) is 19.0 Å². The number of nitrogens with one attached hydrogen (secondary N) is 1. The van der Waals surface area contributed by atoms with Crippen LogP contribution in [-0.2, 0) is 0 Å². The van der Waals surface area contributed by atoms with E-state index in [4.69, 9.17) is 5.11 Å². The van der Waals surface area contributed by atoms with E-state index in [1.807, 2.05) is 30.3 Å². The number of benzene rings is 1. The van der Waals surface area contributed by atoms with Crippen molar-refractivity contribution in [2.24, 2.45) is 0 Å². The fourth-order valence-corrected chi connectivity index (χ4v) is 2.38. The molecule has 0 bridgehead atoms. The number of anilines is 1. The Bertz CT molecular complexity index is 571. The molecule has 0 saturated heterocycles. The lowest BCUT2D eigenvalue weighted by Gasteiger charge is -2.22. The number of amides is 2. The number of carbonyl (C=O) groups excluding carboxylic acids is 1. The number of urea groups is 1. The zero-order valence-electron chi connectivity index (χ0n) is 11.4. The van der Waals surface area contributed by atoms with E-state index in [1.54, 1.807) is 20.2 Å². The van der Waals surface area contributed by atoms with E-state index in [9.17, 15) is 4.79 Å². The second kappa shape index (κ2) is 6.49. The number of aromatic nitrogens is 1. The van der Waals surface area contributed by atoms with Gasteiger partial charge < -0.3 is 10.0 Å². The normalized spacial score (nSPS) is 11.9. The molecule has 1 heterocycles. The fourth-order valence-electron chi connectivity index (χ4n) is 1.57. The first-order valence-corrected chi connectivity index (χ1v) is 7.09. The number of rotatable bonds is 4. The molecule has 0 spiro atoms. The Labute approximate surface area is 121 Å². The minimum absolute atomic E-state index is 0.0724. The first-order chi connectivity index (χ1) is 9.61. The summed E-state index contributed by atoms with van der Waals surface area (Å²) in [6, 6.07) is 9.37. The second-order valence-corrected chi connectivity index (χ2v) is 5.50. The minimum Gasteiger partial charge on any atom is -0.394 e. The van der Waals surface area contributed by atoms with Crippen LogP contribution in [0.4, 0.5) is 9.93 Å². The molecule has 0 fully saturated rings. The zero-order chi connectivity index (χ0) is 14.5. The molecule has 0 radical (unpaired) electrons. The van der Waals surface area contributed by atoms with Crippen LogP contribution in [0.15, 0.2) is 36.5 Å².